The maximum atomic E-state index is 12.4. The van der Waals surface area contributed by atoms with Crippen LogP contribution in [-0.2, 0) is 11.2 Å². The fraction of sp³-hybridized carbons (Fsp3) is 0.533. The molecule has 1 rings (SSSR count). The molecular formula is C15H24N2O2. The van der Waals surface area contributed by atoms with Crippen LogP contribution in [0.15, 0.2) is 18.2 Å². The lowest BCUT2D eigenvalue weighted by Crippen LogP contribution is -2.51. The minimum Gasteiger partial charge on any atom is -0.496 e. The minimum atomic E-state index is -0.582. The predicted molar refractivity (Wildman–Crippen MR) is 78.9 cm³/mol. The maximum absolute atomic E-state index is 12.4. The molecule has 0 fully saturated rings. The number of amides is 1. The normalized spacial score (nSPS) is 11.3. The highest BCUT2D eigenvalue weighted by atomic mass is 16.5. The predicted octanol–water partition coefficient (Wildman–Crippen LogP) is 2.22. The molecular weight excluding hydrogens is 240 g/mol. The van der Waals surface area contributed by atoms with Crippen molar-refractivity contribution in [1.82, 2.24) is 5.32 Å². The summed E-state index contributed by atoms with van der Waals surface area (Å²) in [5.74, 6) is 0.891. The Bertz CT molecular complexity index is 455. The van der Waals surface area contributed by atoms with Crippen LogP contribution in [0.1, 0.15) is 26.3 Å². The van der Waals surface area contributed by atoms with E-state index in [9.17, 15) is 4.79 Å². The maximum Gasteiger partial charge on any atom is 0.246 e. The van der Waals surface area contributed by atoms with Crippen LogP contribution in [0.4, 0.5) is 5.69 Å². The zero-order valence-electron chi connectivity index (χ0n) is 12.7. The Morgan fingerprint density at radius 1 is 1.42 bits per heavy atom. The van der Waals surface area contributed by atoms with Crippen LogP contribution in [0.5, 0.6) is 5.75 Å². The topological polar surface area (TPSA) is 41.6 Å². The van der Waals surface area contributed by atoms with E-state index in [4.69, 9.17) is 4.74 Å². The molecule has 0 atom stereocenters. The number of hydrogen-bond donors (Lipinski definition) is 1. The van der Waals surface area contributed by atoms with Crippen LogP contribution < -0.4 is 15.0 Å². The Balaban J connectivity index is 3.07. The third-order valence-electron chi connectivity index (χ3n) is 3.50. The van der Waals surface area contributed by atoms with Crippen molar-refractivity contribution in [3.63, 3.8) is 0 Å². The third kappa shape index (κ3) is 3.26. The first kappa shape index (κ1) is 15.5. The monoisotopic (exact) mass is 264 g/mol. The van der Waals surface area contributed by atoms with Gasteiger partial charge in [-0.15, -0.1) is 0 Å². The van der Waals surface area contributed by atoms with Gasteiger partial charge in [0, 0.05) is 12.7 Å². The lowest BCUT2D eigenvalue weighted by atomic mass is 10.0. The lowest BCUT2D eigenvalue weighted by molar-refractivity contribution is -0.123. The molecule has 0 unspecified atom stereocenters. The van der Waals surface area contributed by atoms with Gasteiger partial charge in [-0.1, -0.05) is 6.92 Å². The van der Waals surface area contributed by atoms with E-state index >= 15 is 0 Å². The van der Waals surface area contributed by atoms with Gasteiger partial charge in [0.2, 0.25) is 5.91 Å². The number of nitrogens with zero attached hydrogens (tertiary/aromatic N) is 1. The molecule has 4 heteroatoms. The zero-order valence-corrected chi connectivity index (χ0v) is 12.7. The number of ether oxygens (including phenoxy) is 1. The molecule has 1 aromatic carbocycles. The molecule has 4 nitrogen and oxygen atoms in total. The number of methoxy groups -OCH3 is 1. The fourth-order valence-electron chi connectivity index (χ4n) is 1.89. The van der Waals surface area contributed by atoms with Crippen LogP contribution in [-0.4, -0.2) is 32.7 Å². The zero-order chi connectivity index (χ0) is 14.6. The van der Waals surface area contributed by atoms with E-state index in [2.05, 4.69) is 12.2 Å². The van der Waals surface area contributed by atoms with Crippen LogP contribution in [0.2, 0.25) is 0 Å². The smallest absolute Gasteiger partial charge is 0.246 e. The first-order chi connectivity index (χ1) is 8.87. The second-order valence-electron chi connectivity index (χ2n) is 5.09. The molecule has 0 spiro atoms. The van der Waals surface area contributed by atoms with Gasteiger partial charge >= 0.3 is 0 Å². The number of carbonyl (C=O) groups excluding carboxylic acids is 1. The molecule has 1 N–H and O–H groups in total. The molecule has 0 heterocycles. The Labute approximate surface area is 115 Å². The van der Waals surface area contributed by atoms with E-state index in [1.54, 1.807) is 26.1 Å². The van der Waals surface area contributed by atoms with E-state index in [1.165, 1.54) is 0 Å². The first-order valence-corrected chi connectivity index (χ1v) is 6.51. The van der Waals surface area contributed by atoms with Gasteiger partial charge in [0.05, 0.1) is 12.6 Å². The Kier molecular flexibility index (Phi) is 4.95. The SMILES string of the molecule is CCc1cc(N(C)C(=O)C(C)(C)NC)ccc1OC. The molecule has 1 amide bonds. The molecule has 0 radical (unpaired) electrons. The van der Waals surface area contributed by atoms with Crippen molar-refractivity contribution in [1.29, 1.82) is 0 Å². The average Bonchev–Trinajstić information content (AvgIpc) is 2.44. The number of nitrogens with one attached hydrogen (secondary N) is 1. The molecule has 106 valence electrons. The standard InChI is InChI=1S/C15H24N2O2/c1-7-11-10-12(8-9-13(11)19-6)17(5)14(18)15(2,3)16-4/h8-10,16H,7H2,1-6H3. The highest BCUT2D eigenvalue weighted by Crippen LogP contribution is 2.26. The number of carbonyl (C=O) groups is 1. The second kappa shape index (κ2) is 6.06. The van der Waals surface area contributed by atoms with Gasteiger partial charge < -0.3 is 15.0 Å². The van der Waals surface area contributed by atoms with Crippen molar-refractivity contribution in [2.45, 2.75) is 32.7 Å². The summed E-state index contributed by atoms with van der Waals surface area (Å²) in [4.78, 5) is 14.1. The summed E-state index contributed by atoms with van der Waals surface area (Å²) in [6.07, 6.45) is 0.870. The van der Waals surface area contributed by atoms with Gasteiger partial charge in [-0.2, -0.15) is 0 Å². The Morgan fingerprint density at radius 2 is 2.05 bits per heavy atom. The molecule has 0 aromatic heterocycles. The molecule has 19 heavy (non-hydrogen) atoms. The van der Waals surface area contributed by atoms with Crippen LogP contribution in [0.25, 0.3) is 0 Å². The number of hydrogen-bond acceptors (Lipinski definition) is 3. The van der Waals surface area contributed by atoms with E-state index in [0.29, 0.717) is 0 Å². The van der Waals surface area contributed by atoms with Crippen molar-refractivity contribution in [2.24, 2.45) is 0 Å². The van der Waals surface area contributed by atoms with Gasteiger partial charge in [-0.25, -0.2) is 0 Å². The number of likely N-dealkylation sites (N-methyl/N-ethyl adjacent to an activating group) is 2. The molecule has 0 saturated heterocycles. The number of anilines is 1. The molecule has 0 saturated carbocycles. The van der Waals surface area contributed by atoms with E-state index < -0.39 is 5.54 Å². The van der Waals surface area contributed by atoms with Crippen molar-refractivity contribution in [3.8, 4) is 5.75 Å². The van der Waals surface area contributed by atoms with Crippen LogP contribution >= 0.6 is 0 Å². The van der Waals surface area contributed by atoms with Gasteiger partial charge in [0.1, 0.15) is 5.75 Å². The number of benzene rings is 1. The summed E-state index contributed by atoms with van der Waals surface area (Å²) < 4.78 is 5.30. The van der Waals surface area contributed by atoms with E-state index in [0.717, 1.165) is 23.4 Å². The molecule has 1 aromatic rings. The van der Waals surface area contributed by atoms with Crippen LogP contribution in [0.3, 0.4) is 0 Å². The fourth-order valence-corrected chi connectivity index (χ4v) is 1.89. The van der Waals surface area contributed by atoms with Crippen molar-refractivity contribution in [2.75, 3.05) is 26.1 Å². The highest BCUT2D eigenvalue weighted by molar-refractivity contribution is 5.99. The molecule has 0 aliphatic heterocycles. The summed E-state index contributed by atoms with van der Waals surface area (Å²) in [5.41, 5.74) is 1.40. The van der Waals surface area contributed by atoms with Gasteiger partial charge in [-0.05, 0) is 51.1 Å². The lowest BCUT2D eigenvalue weighted by Gasteiger charge is -2.29. The summed E-state index contributed by atoms with van der Waals surface area (Å²) >= 11 is 0. The second-order valence-corrected chi connectivity index (χ2v) is 5.09. The van der Waals surface area contributed by atoms with Gasteiger partial charge in [0.15, 0.2) is 0 Å². The van der Waals surface area contributed by atoms with E-state index in [1.807, 2.05) is 32.0 Å². The van der Waals surface area contributed by atoms with Crippen LogP contribution in [0, 0.1) is 0 Å². The largest absolute Gasteiger partial charge is 0.496 e. The summed E-state index contributed by atoms with van der Waals surface area (Å²) in [6.45, 7) is 5.81. The summed E-state index contributed by atoms with van der Waals surface area (Å²) in [7, 11) is 5.24. The quantitative estimate of drug-likeness (QED) is 0.886. The first-order valence-electron chi connectivity index (χ1n) is 6.51. The molecule has 0 aliphatic rings. The average molecular weight is 264 g/mol. The van der Waals surface area contributed by atoms with Gasteiger partial charge in [0.25, 0.3) is 0 Å². The Morgan fingerprint density at radius 3 is 2.53 bits per heavy atom. The minimum absolute atomic E-state index is 0.0298. The number of rotatable bonds is 5. The van der Waals surface area contributed by atoms with Crippen molar-refractivity contribution in [3.05, 3.63) is 23.8 Å². The van der Waals surface area contributed by atoms with Gasteiger partial charge in [-0.3, -0.25) is 4.79 Å². The summed E-state index contributed by atoms with van der Waals surface area (Å²) in [5, 5.41) is 3.03. The Hall–Kier alpha value is -1.55. The van der Waals surface area contributed by atoms with E-state index in [-0.39, 0.29) is 5.91 Å². The summed E-state index contributed by atoms with van der Waals surface area (Å²) in [6, 6.07) is 5.81. The third-order valence-corrected chi connectivity index (χ3v) is 3.50. The molecule has 0 bridgehead atoms. The highest BCUT2D eigenvalue weighted by Gasteiger charge is 2.29. The molecule has 0 aliphatic carbocycles. The van der Waals surface area contributed by atoms with Crippen molar-refractivity contribution >= 4 is 11.6 Å². The van der Waals surface area contributed by atoms with Crippen molar-refractivity contribution < 1.29 is 9.53 Å². The number of aryl methyl sites for hydroxylation is 1.